The number of pyridine rings is 1. The molecule has 0 saturated carbocycles. The van der Waals surface area contributed by atoms with Crippen molar-refractivity contribution in [1.29, 1.82) is 0 Å². The second kappa shape index (κ2) is 11.7. The third kappa shape index (κ3) is 6.53. The first-order valence-corrected chi connectivity index (χ1v) is 13.1. The van der Waals surface area contributed by atoms with Gasteiger partial charge in [-0.05, 0) is 54.8 Å². The number of carbonyl (C=O) groups is 2. The number of aromatic nitrogens is 1. The number of ketones is 1. The maximum absolute atomic E-state index is 12.8. The van der Waals surface area contributed by atoms with Crippen LogP contribution in [0.25, 0.3) is 10.4 Å². The fourth-order valence-electron chi connectivity index (χ4n) is 3.54. The van der Waals surface area contributed by atoms with Crippen molar-refractivity contribution in [3.63, 3.8) is 0 Å². The standard InChI is InChI=1S/C27H22F3N3O3S2/c1-16(20-15-37-25(24(20)35)18-4-6-19(7-5-18)27(28,29)30)33-14-21(34)22-8-9-23(38-22)26(36)32-12-10-17-3-2-11-31-13-17/h2-9,11,13,15,35H,10,12,14H2,1H3,(H,32,36). The number of nitrogens with one attached hydrogen (secondary N) is 1. The highest BCUT2D eigenvalue weighted by atomic mass is 32.1. The number of amides is 1. The van der Waals surface area contributed by atoms with Crippen LogP contribution >= 0.6 is 22.7 Å². The maximum atomic E-state index is 12.8. The van der Waals surface area contributed by atoms with Crippen molar-refractivity contribution >= 4 is 40.1 Å². The lowest BCUT2D eigenvalue weighted by molar-refractivity contribution is -0.137. The minimum Gasteiger partial charge on any atom is -0.506 e. The van der Waals surface area contributed by atoms with Crippen LogP contribution in [0.3, 0.4) is 0 Å². The van der Waals surface area contributed by atoms with Crippen LogP contribution in [0.15, 0.2) is 71.3 Å². The van der Waals surface area contributed by atoms with E-state index >= 15 is 0 Å². The van der Waals surface area contributed by atoms with Gasteiger partial charge in [0.1, 0.15) is 12.3 Å². The van der Waals surface area contributed by atoms with Crippen LogP contribution in [0.4, 0.5) is 13.2 Å². The van der Waals surface area contributed by atoms with E-state index in [1.54, 1.807) is 36.8 Å². The summed E-state index contributed by atoms with van der Waals surface area (Å²) in [6.45, 7) is 1.90. The zero-order valence-corrected chi connectivity index (χ0v) is 21.7. The van der Waals surface area contributed by atoms with Gasteiger partial charge in [0.05, 0.1) is 20.2 Å². The molecule has 6 nitrogen and oxygen atoms in total. The minimum atomic E-state index is -4.44. The number of alkyl halides is 3. The molecule has 1 aromatic carbocycles. The second-order valence-corrected chi connectivity index (χ2v) is 10.2. The van der Waals surface area contributed by atoms with Crippen LogP contribution < -0.4 is 5.32 Å². The number of aromatic hydroxyl groups is 1. The van der Waals surface area contributed by atoms with Crippen molar-refractivity contribution in [2.45, 2.75) is 19.5 Å². The Bertz CT molecular complexity index is 1460. The first-order chi connectivity index (χ1) is 18.1. The summed E-state index contributed by atoms with van der Waals surface area (Å²) in [6, 6.07) is 11.5. The molecule has 11 heteroatoms. The molecule has 0 unspecified atom stereocenters. The zero-order valence-electron chi connectivity index (χ0n) is 20.1. The molecular weight excluding hydrogens is 535 g/mol. The van der Waals surface area contributed by atoms with Gasteiger partial charge in [0.25, 0.3) is 5.91 Å². The Hall–Kier alpha value is -3.83. The Morgan fingerprint density at radius 1 is 1.08 bits per heavy atom. The molecule has 1 amide bonds. The number of hydrogen-bond donors (Lipinski definition) is 2. The second-order valence-electron chi connectivity index (χ2n) is 8.26. The molecule has 0 bridgehead atoms. The van der Waals surface area contributed by atoms with E-state index in [1.807, 2.05) is 12.1 Å². The molecule has 0 aliphatic rings. The smallest absolute Gasteiger partial charge is 0.416 e. The molecule has 4 aromatic rings. The maximum Gasteiger partial charge on any atom is 0.416 e. The van der Waals surface area contributed by atoms with Crippen LogP contribution in [0.5, 0.6) is 5.75 Å². The third-order valence-electron chi connectivity index (χ3n) is 5.62. The van der Waals surface area contributed by atoms with Gasteiger partial charge in [-0.25, -0.2) is 0 Å². The van der Waals surface area contributed by atoms with Crippen LogP contribution in [-0.4, -0.2) is 40.6 Å². The van der Waals surface area contributed by atoms with Gasteiger partial charge in [-0.1, -0.05) is 18.2 Å². The molecule has 2 N–H and O–H groups in total. The SMILES string of the molecule is CC(=NCC(=O)c1ccc(C(=O)NCCc2cccnc2)s1)c1csc(-c2ccc(C(F)(F)F)cc2)c1O. The summed E-state index contributed by atoms with van der Waals surface area (Å²) >= 11 is 2.25. The van der Waals surface area contributed by atoms with E-state index in [4.69, 9.17) is 0 Å². The quantitative estimate of drug-likeness (QED) is 0.188. The molecule has 0 radical (unpaired) electrons. The summed E-state index contributed by atoms with van der Waals surface area (Å²) in [5.74, 6) is -0.650. The van der Waals surface area contributed by atoms with Gasteiger partial charge in [0.2, 0.25) is 0 Å². The minimum absolute atomic E-state index is 0.107. The van der Waals surface area contributed by atoms with Crippen molar-refractivity contribution in [1.82, 2.24) is 10.3 Å². The number of nitrogens with zero attached hydrogens (tertiary/aromatic N) is 2. The number of halogens is 3. The van der Waals surface area contributed by atoms with Gasteiger partial charge in [0.15, 0.2) is 5.78 Å². The summed E-state index contributed by atoms with van der Waals surface area (Å²) < 4.78 is 38.5. The van der Waals surface area contributed by atoms with E-state index < -0.39 is 11.7 Å². The molecule has 0 saturated heterocycles. The average Bonchev–Trinajstić information content (AvgIpc) is 3.55. The van der Waals surface area contributed by atoms with Crippen LogP contribution in [0.2, 0.25) is 0 Å². The number of Topliss-reactive ketones (excluding diaryl/α,β-unsaturated/α-hetero) is 1. The number of rotatable bonds is 9. The van der Waals surface area contributed by atoms with E-state index in [-0.39, 0.29) is 24.0 Å². The molecule has 0 spiro atoms. The third-order valence-corrected chi connectivity index (χ3v) is 7.76. The molecular formula is C27H22F3N3O3S2. The van der Waals surface area contributed by atoms with Crippen LogP contribution in [-0.2, 0) is 12.6 Å². The van der Waals surface area contributed by atoms with Gasteiger partial charge >= 0.3 is 6.18 Å². The highest BCUT2D eigenvalue weighted by Gasteiger charge is 2.30. The lowest BCUT2D eigenvalue weighted by atomic mass is 10.1. The molecule has 38 heavy (non-hydrogen) atoms. The number of carbonyl (C=O) groups excluding carboxylic acids is 2. The largest absolute Gasteiger partial charge is 0.506 e. The Morgan fingerprint density at radius 3 is 2.50 bits per heavy atom. The van der Waals surface area contributed by atoms with E-state index in [9.17, 15) is 27.9 Å². The van der Waals surface area contributed by atoms with Gasteiger partial charge < -0.3 is 10.4 Å². The fraction of sp³-hybridized carbons (Fsp3) is 0.185. The van der Waals surface area contributed by atoms with E-state index in [0.717, 1.165) is 29.0 Å². The molecule has 4 rings (SSSR count). The molecule has 0 fully saturated rings. The van der Waals surface area contributed by atoms with E-state index in [2.05, 4.69) is 15.3 Å². The number of hydrogen-bond acceptors (Lipinski definition) is 7. The van der Waals surface area contributed by atoms with Crippen molar-refractivity contribution < 1.29 is 27.9 Å². The van der Waals surface area contributed by atoms with Crippen LogP contribution in [0, 0.1) is 0 Å². The molecule has 0 aliphatic carbocycles. The van der Waals surface area contributed by atoms with Crippen molar-refractivity contribution in [2.75, 3.05) is 13.1 Å². The summed E-state index contributed by atoms with van der Waals surface area (Å²) in [4.78, 5) is 34.6. The lowest BCUT2D eigenvalue weighted by Crippen LogP contribution is -2.24. The highest BCUT2D eigenvalue weighted by Crippen LogP contribution is 2.40. The predicted molar refractivity (Wildman–Crippen MR) is 142 cm³/mol. The Balaban J connectivity index is 1.36. The van der Waals surface area contributed by atoms with Crippen molar-refractivity contribution in [3.05, 3.63) is 92.7 Å². The number of thiophene rings is 2. The Kier molecular flexibility index (Phi) is 8.38. The van der Waals surface area contributed by atoms with E-state index in [0.29, 0.717) is 44.4 Å². The molecule has 0 aliphatic heterocycles. The summed E-state index contributed by atoms with van der Waals surface area (Å²) in [6.07, 6.45) is -0.380. The Morgan fingerprint density at radius 2 is 1.82 bits per heavy atom. The first-order valence-electron chi connectivity index (χ1n) is 11.4. The zero-order chi connectivity index (χ0) is 27.3. The molecule has 0 atom stereocenters. The van der Waals surface area contributed by atoms with Gasteiger partial charge in [-0.2, -0.15) is 13.2 Å². The van der Waals surface area contributed by atoms with Gasteiger partial charge in [0, 0.05) is 35.6 Å². The summed E-state index contributed by atoms with van der Waals surface area (Å²) in [5.41, 5.74) is 1.49. The van der Waals surface area contributed by atoms with Crippen molar-refractivity contribution in [2.24, 2.45) is 4.99 Å². The monoisotopic (exact) mass is 557 g/mol. The molecule has 196 valence electrons. The first kappa shape index (κ1) is 27.2. The summed E-state index contributed by atoms with van der Waals surface area (Å²) in [7, 11) is 0. The summed E-state index contributed by atoms with van der Waals surface area (Å²) in [5, 5.41) is 15.1. The normalized spacial score (nSPS) is 11.9. The lowest BCUT2D eigenvalue weighted by Gasteiger charge is -2.07. The number of benzene rings is 1. The molecule has 3 aromatic heterocycles. The topological polar surface area (TPSA) is 91.7 Å². The van der Waals surface area contributed by atoms with Crippen molar-refractivity contribution in [3.8, 4) is 16.2 Å². The Labute approximate surface area is 224 Å². The fourth-order valence-corrected chi connectivity index (χ4v) is 5.40. The van der Waals surface area contributed by atoms with E-state index in [1.165, 1.54) is 23.5 Å². The van der Waals surface area contributed by atoms with Gasteiger partial charge in [-0.3, -0.25) is 19.6 Å². The van der Waals surface area contributed by atoms with Gasteiger partial charge in [-0.15, -0.1) is 22.7 Å². The predicted octanol–water partition coefficient (Wildman–Crippen LogP) is 6.26. The molecule has 3 heterocycles. The van der Waals surface area contributed by atoms with Crippen LogP contribution in [0.1, 0.15) is 43.0 Å². The number of aliphatic imine (C=N–C) groups is 1. The highest BCUT2D eigenvalue weighted by molar-refractivity contribution is 7.16. The average molecular weight is 558 g/mol.